The van der Waals surface area contributed by atoms with Gasteiger partial charge in [-0.3, -0.25) is 9.59 Å². The highest BCUT2D eigenvalue weighted by atomic mass is 16.5. The number of hydrogen-bond acceptors (Lipinski definition) is 5. The number of benzene rings is 2. The van der Waals surface area contributed by atoms with Crippen LogP contribution in [0.1, 0.15) is 21.8 Å². The molecule has 1 unspecified atom stereocenters. The number of carbonyl (C=O) groups is 2. The van der Waals surface area contributed by atoms with Crippen molar-refractivity contribution >= 4 is 33.7 Å². The lowest BCUT2D eigenvalue weighted by atomic mass is 10.0. The molecule has 0 saturated carbocycles. The van der Waals surface area contributed by atoms with Gasteiger partial charge in [-0.05, 0) is 30.2 Å². The molecule has 8 nitrogen and oxygen atoms in total. The fraction of sp³-hybridized carbons (Fsp3) is 0.250. The van der Waals surface area contributed by atoms with Crippen molar-refractivity contribution < 1.29 is 23.8 Å². The van der Waals surface area contributed by atoms with E-state index in [2.05, 4.69) is 16.4 Å². The van der Waals surface area contributed by atoms with Crippen molar-refractivity contribution in [1.29, 1.82) is 0 Å². The van der Waals surface area contributed by atoms with E-state index in [0.717, 1.165) is 11.2 Å². The predicted molar refractivity (Wildman–Crippen MR) is 119 cm³/mol. The van der Waals surface area contributed by atoms with E-state index < -0.39 is 18.6 Å². The molecule has 0 aliphatic carbocycles. The number of nitrogens with one attached hydrogen (secondary N) is 2. The van der Waals surface area contributed by atoms with E-state index in [9.17, 15) is 14.7 Å². The first-order valence-electron chi connectivity index (χ1n) is 10.4. The van der Waals surface area contributed by atoms with Crippen LogP contribution in [0.5, 0.6) is 5.75 Å². The highest BCUT2D eigenvalue weighted by Crippen LogP contribution is 2.29. The van der Waals surface area contributed by atoms with Crippen LogP contribution in [0.25, 0.3) is 21.9 Å². The van der Waals surface area contributed by atoms with Crippen molar-refractivity contribution in [3.63, 3.8) is 0 Å². The third-order valence-corrected chi connectivity index (χ3v) is 5.93. The first kappa shape index (κ1) is 20.1. The third-order valence-electron chi connectivity index (χ3n) is 5.93. The number of para-hydroxylation sites is 2. The Kier molecular flexibility index (Phi) is 5.07. The van der Waals surface area contributed by atoms with Gasteiger partial charge in [0, 0.05) is 28.5 Å². The summed E-state index contributed by atoms with van der Waals surface area (Å²) in [4.78, 5) is 30.9. The number of nitrogens with zero attached hydrogens (tertiary/aromatic N) is 1. The van der Waals surface area contributed by atoms with Gasteiger partial charge in [0.25, 0.3) is 5.91 Å². The highest BCUT2D eigenvalue weighted by molar-refractivity contribution is 5.99. The fourth-order valence-electron chi connectivity index (χ4n) is 4.33. The normalized spacial score (nSPS) is 14.4. The van der Waals surface area contributed by atoms with Crippen molar-refractivity contribution in [1.82, 2.24) is 15.2 Å². The molecule has 0 spiro atoms. The Balaban J connectivity index is 1.32. The number of hydrogen-bond donors (Lipinski definition) is 3. The molecule has 2 aromatic heterocycles. The van der Waals surface area contributed by atoms with Gasteiger partial charge in [-0.25, -0.2) is 0 Å². The first-order valence-corrected chi connectivity index (χ1v) is 10.4. The van der Waals surface area contributed by atoms with Crippen LogP contribution >= 0.6 is 0 Å². The summed E-state index contributed by atoms with van der Waals surface area (Å²) in [6.45, 7) is 0.406. The maximum absolute atomic E-state index is 13.1. The summed E-state index contributed by atoms with van der Waals surface area (Å²) in [6, 6.07) is 13.9. The number of amides is 2. The molecule has 2 amide bonds. The van der Waals surface area contributed by atoms with E-state index in [-0.39, 0.29) is 11.7 Å². The second kappa shape index (κ2) is 8.05. The molecule has 3 N–H and O–H groups in total. The Bertz CT molecular complexity index is 1320. The maximum atomic E-state index is 13.1. The molecular weight excluding hydrogens is 410 g/mol. The summed E-state index contributed by atoms with van der Waals surface area (Å²) in [5.41, 5.74) is 3.69. The van der Waals surface area contributed by atoms with Gasteiger partial charge in [-0.1, -0.05) is 30.3 Å². The largest absolute Gasteiger partial charge is 0.493 e. The van der Waals surface area contributed by atoms with E-state index in [1.54, 1.807) is 29.2 Å². The zero-order valence-electron chi connectivity index (χ0n) is 17.6. The molecule has 32 heavy (non-hydrogen) atoms. The zero-order chi connectivity index (χ0) is 22.2. The quantitative estimate of drug-likeness (QED) is 0.448. The monoisotopic (exact) mass is 433 g/mol. The van der Waals surface area contributed by atoms with E-state index in [1.807, 2.05) is 18.2 Å². The molecule has 1 atom stereocenters. The van der Waals surface area contributed by atoms with Gasteiger partial charge in [0.05, 0.1) is 20.3 Å². The molecule has 164 valence electrons. The van der Waals surface area contributed by atoms with Crippen molar-refractivity contribution in [2.45, 2.75) is 19.0 Å². The summed E-state index contributed by atoms with van der Waals surface area (Å²) in [6.07, 6.45) is 0.709. The topological polar surface area (TPSA) is 108 Å². The van der Waals surface area contributed by atoms with Crippen molar-refractivity contribution in [2.75, 3.05) is 20.3 Å². The van der Waals surface area contributed by atoms with Crippen LogP contribution in [-0.4, -0.2) is 53.1 Å². The van der Waals surface area contributed by atoms with Crippen molar-refractivity contribution in [3.05, 3.63) is 65.5 Å². The zero-order valence-corrected chi connectivity index (χ0v) is 17.6. The lowest BCUT2D eigenvalue weighted by molar-refractivity contribution is -0.135. The van der Waals surface area contributed by atoms with Gasteiger partial charge < -0.3 is 29.5 Å². The van der Waals surface area contributed by atoms with Crippen LogP contribution in [0.15, 0.2) is 52.9 Å². The first-order chi connectivity index (χ1) is 15.6. The number of furan rings is 1. The van der Waals surface area contributed by atoms with Crippen molar-refractivity contribution in [2.24, 2.45) is 0 Å². The van der Waals surface area contributed by atoms with E-state index >= 15 is 0 Å². The van der Waals surface area contributed by atoms with Crippen LogP contribution in [0, 0.1) is 0 Å². The number of aliphatic hydroxyl groups excluding tert-OH is 1. The summed E-state index contributed by atoms with van der Waals surface area (Å²) < 4.78 is 10.9. The van der Waals surface area contributed by atoms with Crippen molar-refractivity contribution in [3.8, 4) is 5.75 Å². The standard InChI is InChI=1S/C24H23N3O5/c1-31-20-8-4-5-14-11-21(32-22(14)20)23(29)26-19(13-28)24(30)27-10-9-16-15-6-2-3-7-17(15)25-18(16)12-27/h2-8,11,19,25,28H,9-10,12-13H2,1H3,(H,26,29). The molecule has 8 heteroatoms. The number of ether oxygens (including phenoxy) is 1. The second-order valence-electron chi connectivity index (χ2n) is 7.84. The number of carbonyl (C=O) groups excluding carboxylic acids is 2. The molecule has 1 aliphatic heterocycles. The molecule has 5 rings (SSSR count). The average Bonchev–Trinajstić information content (AvgIpc) is 3.43. The second-order valence-corrected chi connectivity index (χ2v) is 7.84. The van der Waals surface area contributed by atoms with Gasteiger partial charge in [0.1, 0.15) is 6.04 Å². The number of aliphatic hydroxyl groups is 1. The molecule has 0 fully saturated rings. The van der Waals surface area contributed by atoms with Gasteiger partial charge in [0.15, 0.2) is 17.1 Å². The highest BCUT2D eigenvalue weighted by Gasteiger charge is 2.30. The Morgan fingerprint density at radius 2 is 2.09 bits per heavy atom. The molecular formula is C24H23N3O5. The van der Waals surface area contributed by atoms with Gasteiger partial charge in [0.2, 0.25) is 5.91 Å². The number of methoxy groups -OCH3 is 1. The Morgan fingerprint density at radius 3 is 2.91 bits per heavy atom. The van der Waals surface area contributed by atoms with Crippen LogP contribution in [0.3, 0.4) is 0 Å². The summed E-state index contributed by atoms with van der Waals surface area (Å²) in [7, 11) is 1.52. The molecule has 0 bridgehead atoms. The van der Waals surface area contributed by atoms with Gasteiger partial charge in [-0.15, -0.1) is 0 Å². The molecule has 0 radical (unpaired) electrons. The fourth-order valence-corrected chi connectivity index (χ4v) is 4.33. The summed E-state index contributed by atoms with van der Waals surface area (Å²) >= 11 is 0. The number of H-pyrrole nitrogens is 1. The molecule has 1 aliphatic rings. The predicted octanol–water partition coefficient (Wildman–Crippen LogP) is 2.60. The third kappa shape index (κ3) is 3.38. The smallest absolute Gasteiger partial charge is 0.287 e. The SMILES string of the molecule is COc1cccc2cc(C(=O)NC(CO)C(=O)N3CCc4c([nH]c5ccccc45)C3)oc12. The van der Waals surface area contributed by atoms with Gasteiger partial charge >= 0.3 is 0 Å². The van der Waals surface area contributed by atoms with E-state index in [4.69, 9.17) is 9.15 Å². The lowest BCUT2D eigenvalue weighted by Crippen LogP contribution is -2.51. The van der Waals surface area contributed by atoms with Crippen LogP contribution in [0.4, 0.5) is 0 Å². The number of fused-ring (bicyclic) bond motifs is 4. The van der Waals surface area contributed by atoms with E-state index in [0.29, 0.717) is 36.2 Å². The minimum absolute atomic E-state index is 0.0484. The summed E-state index contributed by atoms with van der Waals surface area (Å²) in [5.74, 6) is -0.344. The maximum Gasteiger partial charge on any atom is 0.287 e. The minimum atomic E-state index is -1.07. The molecule has 2 aromatic carbocycles. The Labute approximate surface area is 183 Å². The lowest BCUT2D eigenvalue weighted by Gasteiger charge is -2.30. The van der Waals surface area contributed by atoms with Crippen LogP contribution in [0.2, 0.25) is 0 Å². The molecule has 4 aromatic rings. The van der Waals surface area contributed by atoms with Crippen LogP contribution in [-0.2, 0) is 17.8 Å². The average molecular weight is 433 g/mol. The van der Waals surface area contributed by atoms with E-state index in [1.165, 1.54) is 18.1 Å². The summed E-state index contributed by atoms with van der Waals surface area (Å²) in [5, 5.41) is 14.3. The van der Waals surface area contributed by atoms with Gasteiger partial charge in [-0.2, -0.15) is 0 Å². The Hall–Kier alpha value is -3.78. The Morgan fingerprint density at radius 1 is 1.25 bits per heavy atom. The molecule has 0 saturated heterocycles. The number of aromatic nitrogens is 1. The molecule has 3 heterocycles. The van der Waals surface area contributed by atoms with Crippen LogP contribution < -0.4 is 10.1 Å². The number of aromatic amines is 1. The number of rotatable bonds is 5. The minimum Gasteiger partial charge on any atom is -0.493 e.